The van der Waals surface area contributed by atoms with Crippen molar-refractivity contribution in [1.29, 1.82) is 0 Å². The minimum atomic E-state index is -0.585. The maximum absolute atomic E-state index is 11.0. The predicted molar refractivity (Wildman–Crippen MR) is 60.0 cm³/mol. The maximum atomic E-state index is 11.0. The molecule has 0 radical (unpaired) electrons. The number of amides is 1. The lowest BCUT2D eigenvalue weighted by Crippen LogP contribution is -2.09. The summed E-state index contributed by atoms with van der Waals surface area (Å²) in [6, 6.07) is 7.08. The fourth-order valence-corrected chi connectivity index (χ4v) is 1.62. The number of carbonyl (C=O) groups excluding carboxylic acids is 1. The van der Waals surface area contributed by atoms with Crippen molar-refractivity contribution in [3.05, 3.63) is 30.0 Å². The molecule has 0 bridgehead atoms. The predicted octanol–water partition coefficient (Wildman–Crippen LogP) is 1.31. The van der Waals surface area contributed by atoms with E-state index in [0.29, 0.717) is 17.9 Å². The van der Waals surface area contributed by atoms with Gasteiger partial charge in [0, 0.05) is 5.39 Å². The molecule has 2 aromatic rings. The molecule has 2 heterocycles. The molecular formula is C12H11NO4. The molecule has 1 aromatic carbocycles. The van der Waals surface area contributed by atoms with Gasteiger partial charge in [-0.3, -0.25) is 4.79 Å². The SMILES string of the molecule is NC(=O)c1cc2cccc(OCC3CO3)c2o1. The summed E-state index contributed by atoms with van der Waals surface area (Å²) in [4.78, 5) is 11.0. The standard InChI is InChI=1S/C12H11NO4/c13-12(14)10-4-7-2-1-3-9(11(7)17-10)16-6-8-5-15-8/h1-4,8H,5-6H2,(H2,13,14). The Kier molecular flexibility index (Phi) is 2.26. The van der Waals surface area contributed by atoms with Crippen molar-refractivity contribution in [3.8, 4) is 5.75 Å². The number of epoxide rings is 1. The number of rotatable bonds is 4. The fraction of sp³-hybridized carbons (Fsp3) is 0.250. The first kappa shape index (κ1) is 10.2. The number of nitrogens with two attached hydrogens (primary N) is 1. The molecule has 1 aromatic heterocycles. The highest BCUT2D eigenvalue weighted by atomic mass is 16.6. The lowest BCUT2D eigenvalue weighted by Gasteiger charge is -2.03. The molecule has 0 aliphatic carbocycles. The van der Waals surface area contributed by atoms with Gasteiger partial charge in [-0.1, -0.05) is 12.1 Å². The van der Waals surface area contributed by atoms with Crippen molar-refractivity contribution >= 4 is 16.9 Å². The first-order chi connectivity index (χ1) is 8.24. The van der Waals surface area contributed by atoms with Gasteiger partial charge in [-0.15, -0.1) is 0 Å². The number of hydrogen-bond donors (Lipinski definition) is 1. The Bertz CT molecular complexity index is 571. The quantitative estimate of drug-likeness (QED) is 0.807. The largest absolute Gasteiger partial charge is 0.487 e. The van der Waals surface area contributed by atoms with Gasteiger partial charge in [0.1, 0.15) is 12.7 Å². The summed E-state index contributed by atoms with van der Waals surface area (Å²) in [6.45, 7) is 1.23. The Hall–Kier alpha value is -2.01. The van der Waals surface area contributed by atoms with E-state index in [1.54, 1.807) is 12.1 Å². The lowest BCUT2D eigenvalue weighted by molar-refractivity contribution is 0.0976. The summed E-state index contributed by atoms with van der Waals surface area (Å²) < 4.78 is 16.0. The molecular weight excluding hydrogens is 222 g/mol. The minimum Gasteiger partial charge on any atom is -0.487 e. The molecule has 1 unspecified atom stereocenters. The Morgan fingerprint density at radius 3 is 3.06 bits per heavy atom. The van der Waals surface area contributed by atoms with Gasteiger partial charge in [0.15, 0.2) is 17.1 Å². The van der Waals surface area contributed by atoms with Crippen LogP contribution in [-0.2, 0) is 4.74 Å². The molecule has 1 amide bonds. The topological polar surface area (TPSA) is 78.0 Å². The van der Waals surface area contributed by atoms with Crippen LogP contribution >= 0.6 is 0 Å². The summed E-state index contributed by atoms with van der Waals surface area (Å²) in [5, 5.41) is 0.799. The second-order valence-electron chi connectivity index (χ2n) is 3.92. The highest BCUT2D eigenvalue weighted by Gasteiger charge is 2.23. The van der Waals surface area contributed by atoms with E-state index in [-0.39, 0.29) is 11.9 Å². The zero-order valence-electron chi connectivity index (χ0n) is 9.01. The number of fused-ring (bicyclic) bond motifs is 1. The van der Waals surface area contributed by atoms with Crippen LogP contribution in [0.3, 0.4) is 0 Å². The molecule has 2 N–H and O–H groups in total. The average molecular weight is 233 g/mol. The van der Waals surface area contributed by atoms with Gasteiger partial charge < -0.3 is 19.6 Å². The second kappa shape index (κ2) is 3.78. The second-order valence-corrected chi connectivity index (χ2v) is 3.92. The monoisotopic (exact) mass is 233 g/mol. The number of benzene rings is 1. The number of para-hydroxylation sites is 1. The zero-order chi connectivity index (χ0) is 11.8. The van der Waals surface area contributed by atoms with Crippen LogP contribution in [0.2, 0.25) is 0 Å². The van der Waals surface area contributed by atoms with Gasteiger partial charge in [0.25, 0.3) is 5.91 Å². The summed E-state index contributed by atoms with van der Waals surface area (Å²) >= 11 is 0. The van der Waals surface area contributed by atoms with Crippen molar-refractivity contribution < 1.29 is 18.7 Å². The smallest absolute Gasteiger partial charge is 0.284 e. The van der Waals surface area contributed by atoms with Crippen LogP contribution < -0.4 is 10.5 Å². The highest BCUT2D eigenvalue weighted by molar-refractivity contribution is 5.96. The summed E-state index contributed by atoms with van der Waals surface area (Å²) in [6.07, 6.45) is 0.177. The molecule has 0 spiro atoms. The molecule has 3 rings (SSSR count). The van der Waals surface area contributed by atoms with Crippen molar-refractivity contribution in [3.63, 3.8) is 0 Å². The average Bonchev–Trinajstić information content (AvgIpc) is 3.02. The molecule has 5 nitrogen and oxygen atoms in total. The lowest BCUT2D eigenvalue weighted by atomic mass is 10.2. The third kappa shape index (κ3) is 1.97. The Balaban J connectivity index is 1.95. The van der Waals surface area contributed by atoms with Gasteiger partial charge in [0.05, 0.1) is 6.61 Å². The number of primary amides is 1. The fourth-order valence-electron chi connectivity index (χ4n) is 1.62. The van der Waals surface area contributed by atoms with Crippen LogP contribution in [-0.4, -0.2) is 25.2 Å². The molecule has 1 saturated heterocycles. The molecule has 1 atom stereocenters. The summed E-state index contributed by atoms with van der Waals surface area (Å²) in [5.41, 5.74) is 5.71. The third-order valence-electron chi connectivity index (χ3n) is 2.58. The van der Waals surface area contributed by atoms with E-state index in [2.05, 4.69) is 0 Å². The van der Waals surface area contributed by atoms with Crippen molar-refractivity contribution in [2.24, 2.45) is 5.73 Å². The van der Waals surface area contributed by atoms with Crippen LogP contribution in [0.5, 0.6) is 5.75 Å². The van der Waals surface area contributed by atoms with E-state index >= 15 is 0 Å². The minimum absolute atomic E-state index is 0.138. The Labute approximate surface area is 97.1 Å². The molecule has 1 aliphatic heterocycles. The first-order valence-electron chi connectivity index (χ1n) is 5.31. The van der Waals surface area contributed by atoms with Gasteiger partial charge in [-0.05, 0) is 12.1 Å². The molecule has 5 heteroatoms. The van der Waals surface area contributed by atoms with Crippen LogP contribution in [0.1, 0.15) is 10.6 Å². The van der Waals surface area contributed by atoms with E-state index in [0.717, 1.165) is 12.0 Å². The van der Waals surface area contributed by atoms with Gasteiger partial charge in [-0.25, -0.2) is 0 Å². The third-order valence-corrected chi connectivity index (χ3v) is 2.58. The van der Waals surface area contributed by atoms with Crippen molar-refractivity contribution in [1.82, 2.24) is 0 Å². The first-order valence-corrected chi connectivity index (χ1v) is 5.31. The summed E-state index contributed by atoms with van der Waals surface area (Å²) in [5.74, 6) is 0.155. The van der Waals surface area contributed by atoms with Crippen LogP contribution in [0.4, 0.5) is 0 Å². The normalized spacial score (nSPS) is 18.2. The van der Waals surface area contributed by atoms with Gasteiger partial charge in [-0.2, -0.15) is 0 Å². The van der Waals surface area contributed by atoms with Crippen LogP contribution in [0, 0.1) is 0 Å². The van der Waals surface area contributed by atoms with Crippen LogP contribution in [0.15, 0.2) is 28.7 Å². The molecule has 88 valence electrons. The van der Waals surface area contributed by atoms with Gasteiger partial charge in [0.2, 0.25) is 0 Å². The van der Waals surface area contributed by atoms with Crippen LogP contribution in [0.25, 0.3) is 11.0 Å². The molecule has 1 fully saturated rings. The number of furan rings is 1. The van der Waals surface area contributed by atoms with E-state index in [4.69, 9.17) is 19.6 Å². The van der Waals surface area contributed by atoms with Crippen molar-refractivity contribution in [2.75, 3.05) is 13.2 Å². The van der Waals surface area contributed by atoms with Gasteiger partial charge >= 0.3 is 0 Å². The summed E-state index contributed by atoms with van der Waals surface area (Å²) in [7, 11) is 0. The Morgan fingerprint density at radius 1 is 1.53 bits per heavy atom. The highest BCUT2D eigenvalue weighted by Crippen LogP contribution is 2.29. The number of hydrogen-bond acceptors (Lipinski definition) is 4. The zero-order valence-corrected chi connectivity index (χ0v) is 9.01. The van der Waals surface area contributed by atoms with E-state index < -0.39 is 5.91 Å². The molecule has 1 aliphatic rings. The molecule has 17 heavy (non-hydrogen) atoms. The Morgan fingerprint density at radius 2 is 2.35 bits per heavy atom. The number of ether oxygens (including phenoxy) is 2. The van der Waals surface area contributed by atoms with E-state index in [9.17, 15) is 4.79 Å². The van der Waals surface area contributed by atoms with Crippen molar-refractivity contribution in [2.45, 2.75) is 6.10 Å². The molecule has 0 saturated carbocycles. The van der Waals surface area contributed by atoms with E-state index in [1.165, 1.54) is 0 Å². The number of carbonyl (C=O) groups is 1. The maximum Gasteiger partial charge on any atom is 0.284 e. The van der Waals surface area contributed by atoms with E-state index in [1.807, 2.05) is 12.1 Å².